The smallest absolute Gasteiger partial charge is 0.119 e. The summed E-state index contributed by atoms with van der Waals surface area (Å²) in [6.07, 6.45) is 2.22. The summed E-state index contributed by atoms with van der Waals surface area (Å²) < 4.78 is 5.89. The summed E-state index contributed by atoms with van der Waals surface area (Å²) in [4.78, 5) is 0. The van der Waals surface area contributed by atoms with Crippen LogP contribution in [-0.4, -0.2) is 6.61 Å². The van der Waals surface area contributed by atoms with Crippen molar-refractivity contribution in [3.8, 4) is 0 Å². The Labute approximate surface area is 123 Å². The molecule has 0 bridgehead atoms. The highest BCUT2D eigenvalue weighted by atomic mass is 31.1. The van der Waals surface area contributed by atoms with E-state index in [9.17, 15) is 0 Å². The van der Waals surface area contributed by atoms with Gasteiger partial charge in [0, 0.05) is 7.92 Å². The third-order valence-electron chi connectivity index (χ3n) is 3.04. The van der Waals surface area contributed by atoms with E-state index in [4.69, 9.17) is 4.74 Å². The van der Waals surface area contributed by atoms with E-state index in [1.807, 2.05) is 12.1 Å². The average Bonchev–Trinajstić information content (AvgIpc) is 2.50. The van der Waals surface area contributed by atoms with E-state index in [1.54, 1.807) is 0 Å². The molecule has 0 amide bonds. The first kappa shape index (κ1) is 14.8. The number of hydrogen-bond acceptors (Lipinski definition) is 1. The number of hydrogen-bond donors (Lipinski definition) is 0. The quantitative estimate of drug-likeness (QED) is 0.416. The minimum atomic E-state index is -0.645. The van der Waals surface area contributed by atoms with Crippen molar-refractivity contribution in [2.45, 2.75) is 19.8 Å². The summed E-state index contributed by atoms with van der Waals surface area (Å²) in [7, 11) is -0.645. The zero-order valence-corrected chi connectivity index (χ0v) is 12.9. The van der Waals surface area contributed by atoms with Crippen LogP contribution in [0, 0.1) is 0 Å². The van der Waals surface area contributed by atoms with Crippen LogP contribution in [0.15, 0.2) is 72.7 Å². The molecule has 0 saturated carbocycles. The van der Waals surface area contributed by atoms with Crippen molar-refractivity contribution in [1.29, 1.82) is 0 Å². The molecule has 0 radical (unpaired) electrons. The van der Waals surface area contributed by atoms with Gasteiger partial charge in [-0.3, -0.25) is 0 Å². The number of rotatable bonds is 7. The van der Waals surface area contributed by atoms with Crippen LogP contribution in [0.25, 0.3) is 0 Å². The SMILES string of the molecule is C=C(OCCCC)P(c1ccccc1)c1ccccc1. The normalized spacial score (nSPS) is 10.5. The molecule has 0 aliphatic rings. The van der Waals surface area contributed by atoms with Crippen molar-refractivity contribution in [3.05, 3.63) is 72.7 Å². The molecule has 0 saturated heterocycles. The maximum absolute atomic E-state index is 5.89. The lowest BCUT2D eigenvalue weighted by Crippen LogP contribution is -2.14. The van der Waals surface area contributed by atoms with Gasteiger partial charge in [0.2, 0.25) is 0 Å². The second kappa shape index (κ2) is 7.87. The van der Waals surface area contributed by atoms with Gasteiger partial charge >= 0.3 is 0 Å². The Balaban J connectivity index is 2.23. The van der Waals surface area contributed by atoms with E-state index < -0.39 is 7.92 Å². The highest BCUT2D eigenvalue weighted by Gasteiger charge is 2.18. The van der Waals surface area contributed by atoms with Crippen molar-refractivity contribution in [1.82, 2.24) is 0 Å². The molecule has 0 heterocycles. The molecule has 1 nitrogen and oxygen atoms in total. The van der Waals surface area contributed by atoms with Crippen molar-refractivity contribution in [2.75, 3.05) is 6.61 Å². The van der Waals surface area contributed by atoms with E-state index in [-0.39, 0.29) is 0 Å². The monoisotopic (exact) mass is 284 g/mol. The van der Waals surface area contributed by atoms with Gasteiger partial charge in [-0.15, -0.1) is 0 Å². The van der Waals surface area contributed by atoms with Gasteiger partial charge < -0.3 is 4.74 Å². The molecule has 0 N–H and O–H groups in total. The molecule has 0 spiro atoms. The molecule has 0 aromatic heterocycles. The largest absolute Gasteiger partial charge is 0.493 e. The van der Waals surface area contributed by atoms with E-state index in [0.717, 1.165) is 24.9 Å². The van der Waals surface area contributed by atoms with E-state index in [0.29, 0.717) is 0 Å². The van der Waals surface area contributed by atoms with Crippen LogP contribution < -0.4 is 10.6 Å². The molecule has 2 aromatic carbocycles. The maximum atomic E-state index is 5.89. The predicted octanol–water partition coefficient (Wildman–Crippen LogP) is 4.41. The lowest BCUT2D eigenvalue weighted by molar-refractivity contribution is 0.233. The fraction of sp³-hybridized carbons (Fsp3) is 0.222. The van der Waals surface area contributed by atoms with Crippen LogP contribution in [0.2, 0.25) is 0 Å². The summed E-state index contributed by atoms with van der Waals surface area (Å²) in [5.74, 6) is 0. The van der Waals surface area contributed by atoms with E-state index >= 15 is 0 Å². The summed E-state index contributed by atoms with van der Waals surface area (Å²) in [5.41, 5.74) is 0.894. The number of unbranched alkanes of at least 4 members (excludes halogenated alkanes) is 1. The van der Waals surface area contributed by atoms with Crippen molar-refractivity contribution < 1.29 is 4.74 Å². The fourth-order valence-electron chi connectivity index (χ4n) is 1.99. The molecule has 104 valence electrons. The summed E-state index contributed by atoms with van der Waals surface area (Å²) in [6, 6.07) is 21.0. The van der Waals surface area contributed by atoms with Crippen LogP contribution in [0.1, 0.15) is 19.8 Å². The van der Waals surface area contributed by atoms with Crippen LogP contribution in [0.5, 0.6) is 0 Å². The Bertz CT molecular complexity index is 482. The third kappa shape index (κ3) is 3.95. The van der Waals surface area contributed by atoms with Gasteiger partial charge in [0.05, 0.1) is 6.61 Å². The van der Waals surface area contributed by atoms with Crippen LogP contribution in [-0.2, 0) is 4.74 Å². The van der Waals surface area contributed by atoms with Crippen LogP contribution in [0.4, 0.5) is 0 Å². The average molecular weight is 284 g/mol. The zero-order chi connectivity index (χ0) is 14.2. The van der Waals surface area contributed by atoms with Crippen LogP contribution in [0.3, 0.4) is 0 Å². The van der Waals surface area contributed by atoms with Crippen molar-refractivity contribution in [2.24, 2.45) is 0 Å². The fourth-order valence-corrected chi connectivity index (χ4v) is 4.03. The standard InChI is InChI=1S/C18H21OP/c1-3-4-15-19-16(2)20(17-11-7-5-8-12-17)18-13-9-6-10-14-18/h5-14H,2-4,15H2,1H3. The van der Waals surface area contributed by atoms with E-state index in [2.05, 4.69) is 62.0 Å². The molecule has 0 aliphatic carbocycles. The van der Waals surface area contributed by atoms with Gasteiger partial charge in [-0.1, -0.05) is 80.6 Å². The van der Waals surface area contributed by atoms with Gasteiger partial charge in [0.25, 0.3) is 0 Å². The Morgan fingerprint density at radius 2 is 1.45 bits per heavy atom. The Morgan fingerprint density at radius 1 is 0.950 bits per heavy atom. The van der Waals surface area contributed by atoms with Gasteiger partial charge in [-0.25, -0.2) is 0 Å². The number of benzene rings is 2. The van der Waals surface area contributed by atoms with Gasteiger partial charge in [-0.05, 0) is 17.0 Å². The molecule has 0 unspecified atom stereocenters. The minimum absolute atomic E-state index is 0.645. The van der Waals surface area contributed by atoms with Crippen molar-refractivity contribution >= 4 is 18.5 Å². The molecule has 0 fully saturated rings. The lowest BCUT2D eigenvalue weighted by Gasteiger charge is -2.21. The Kier molecular flexibility index (Phi) is 5.83. The highest BCUT2D eigenvalue weighted by Crippen LogP contribution is 2.42. The Hall–Kier alpha value is -1.59. The number of ether oxygens (including phenoxy) is 1. The second-order valence-electron chi connectivity index (χ2n) is 4.60. The second-order valence-corrected chi connectivity index (χ2v) is 6.80. The lowest BCUT2D eigenvalue weighted by atomic mass is 10.4. The van der Waals surface area contributed by atoms with Crippen LogP contribution >= 0.6 is 7.92 Å². The third-order valence-corrected chi connectivity index (χ3v) is 5.30. The first-order chi connectivity index (χ1) is 9.83. The van der Waals surface area contributed by atoms with Gasteiger partial charge in [0.1, 0.15) is 5.50 Å². The molecule has 2 rings (SSSR count). The predicted molar refractivity (Wildman–Crippen MR) is 89.1 cm³/mol. The topological polar surface area (TPSA) is 9.23 Å². The molecule has 0 aliphatic heterocycles. The molecule has 20 heavy (non-hydrogen) atoms. The Morgan fingerprint density at radius 3 is 1.90 bits per heavy atom. The molecule has 2 aromatic rings. The van der Waals surface area contributed by atoms with Gasteiger partial charge in [-0.2, -0.15) is 0 Å². The van der Waals surface area contributed by atoms with Gasteiger partial charge in [0.15, 0.2) is 0 Å². The highest BCUT2D eigenvalue weighted by molar-refractivity contribution is 7.76. The maximum Gasteiger partial charge on any atom is 0.119 e. The zero-order valence-electron chi connectivity index (χ0n) is 12.0. The summed E-state index contributed by atoms with van der Waals surface area (Å²) in [5, 5.41) is 2.57. The molecule has 0 atom stereocenters. The first-order valence-electron chi connectivity index (χ1n) is 7.05. The van der Waals surface area contributed by atoms with E-state index in [1.165, 1.54) is 10.6 Å². The summed E-state index contributed by atoms with van der Waals surface area (Å²) in [6.45, 7) is 7.11. The first-order valence-corrected chi connectivity index (χ1v) is 8.39. The molecular weight excluding hydrogens is 263 g/mol. The molecule has 2 heteroatoms. The summed E-state index contributed by atoms with van der Waals surface area (Å²) >= 11 is 0. The molecular formula is C18H21OP. The minimum Gasteiger partial charge on any atom is -0.493 e. The van der Waals surface area contributed by atoms with Crippen molar-refractivity contribution in [3.63, 3.8) is 0 Å².